The highest BCUT2D eigenvalue weighted by molar-refractivity contribution is 8.57. The number of nitriles is 1. The molecular formula is C16H32NPS. The maximum absolute atomic E-state index is 8.56. The molecule has 0 fully saturated rings. The standard InChI is InChI=1S/C16H32NPS/c1-3-4-5-6-7-8-9-10-11-12-13-14-15-18(2)19-16-17/h3-15H2,1-2H3. The van der Waals surface area contributed by atoms with Crippen LogP contribution in [-0.4, -0.2) is 12.8 Å². The van der Waals surface area contributed by atoms with E-state index in [-0.39, 0.29) is 7.12 Å². The smallest absolute Gasteiger partial charge is 0.137 e. The topological polar surface area (TPSA) is 23.8 Å². The third-order valence-corrected chi connectivity index (χ3v) is 6.59. The molecule has 0 amide bonds. The third kappa shape index (κ3) is 16.2. The Bertz CT molecular complexity index is 215. The summed E-state index contributed by atoms with van der Waals surface area (Å²) in [5, 5.41) is 10.8. The van der Waals surface area contributed by atoms with Crippen molar-refractivity contribution in [2.75, 3.05) is 12.8 Å². The summed E-state index contributed by atoms with van der Waals surface area (Å²) in [6.07, 6.45) is 18.2. The van der Waals surface area contributed by atoms with Crippen molar-refractivity contribution < 1.29 is 0 Å². The van der Waals surface area contributed by atoms with E-state index >= 15 is 0 Å². The Hall–Kier alpha value is 0.270. The van der Waals surface area contributed by atoms with Gasteiger partial charge < -0.3 is 0 Å². The third-order valence-electron chi connectivity index (χ3n) is 3.52. The van der Waals surface area contributed by atoms with E-state index in [0.29, 0.717) is 0 Å². The van der Waals surface area contributed by atoms with Gasteiger partial charge in [-0.25, -0.2) is 0 Å². The van der Waals surface area contributed by atoms with Gasteiger partial charge in [0, 0.05) is 0 Å². The number of unbranched alkanes of at least 4 members (excludes halogenated alkanes) is 11. The van der Waals surface area contributed by atoms with E-state index in [1.807, 2.05) is 0 Å². The molecule has 0 spiro atoms. The van der Waals surface area contributed by atoms with Gasteiger partial charge >= 0.3 is 0 Å². The fourth-order valence-electron chi connectivity index (χ4n) is 2.29. The number of thiocyanates is 1. The van der Waals surface area contributed by atoms with E-state index in [1.54, 1.807) is 0 Å². The van der Waals surface area contributed by atoms with Crippen LogP contribution in [0.4, 0.5) is 0 Å². The molecule has 0 aromatic rings. The summed E-state index contributed by atoms with van der Waals surface area (Å²) in [4.78, 5) is 0. The van der Waals surface area contributed by atoms with Crippen LogP contribution in [0.5, 0.6) is 0 Å². The van der Waals surface area contributed by atoms with Crippen LogP contribution in [0.15, 0.2) is 0 Å². The Morgan fingerprint density at radius 3 is 1.63 bits per heavy atom. The van der Waals surface area contributed by atoms with E-state index in [9.17, 15) is 0 Å². The molecule has 19 heavy (non-hydrogen) atoms. The lowest BCUT2D eigenvalue weighted by atomic mass is 10.1. The van der Waals surface area contributed by atoms with E-state index in [0.717, 1.165) is 0 Å². The van der Waals surface area contributed by atoms with Crippen LogP contribution >= 0.6 is 18.5 Å². The molecule has 1 unspecified atom stereocenters. The summed E-state index contributed by atoms with van der Waals surface area (Å²) in [5.41, 5.74) is 0. The van der Waals surface area contributed by atoms with Gasteiger partial charge in [-0.3, -0.25) is 0 Å². The molecule has 0 aliphatic rings. The van der Waals surface area contributed by atoms with Crippen LogP contribution in [0.1, 0.15) is 84.0 Å². The molecule has 0 rings (SSSR count). The quantitative estimate of drug-likeness (QED) is 0.197. The van der Waals surface area contributed by atoms with Crippen molar-refractivity contribution >= 4 is 18.5 Å². The van der Waals surface area contributed by atoms with Gasteiger partial charge in [-0.15, -0.1) is 0 Å². The molecule has 112 valence electrons. The van der Waals surface area contributed by atoms with Gasteiger partial charge in [0.2, 0.25) is 0 Å². The van der Waals surface area contributed by atoms with Gasteiger partial charge in [-0.05, 0) is 37.8 Å². The molecule has 0 aromatic heterocycles. The first-order valence-corrected chi connectivity index (χ1v) is 11.5. The highest BCUT2D eigenvalue weighted by Gasteiger charge is 2.00. The van der Waals surface area contributed by atoms with Crippen LogP contribution in [0.25, 0.3) is 0 Å². The Balaban J connectivity index is 3.01. The molecule has 0 N–H and O–H groups in total. The Labute approximate surface area is 126 Å². The lowest BCUT2D eigenvalue weighted by molar-refractivity contribution is 0.548. The van der Waals surface area contributed by atoms with Crippen molar-refractivity contribution in [3.05, 3.63) is 0 Å². The molecule has 3 heteroatoms. The minimum Gasteiger partial charge on any atom is -0.185 e. The summed E-state index contributed by atoms with van der Waals surface area (Å²) in [5.74, 6) is 0. The second-order valence-corrected chi connectivity index (χ2v) is 9.91. The van der Waals surface area contributed by atoms with Crippen LogP contribution in [0.2, 0.25) is 0 Å². The van der Waals surface area contributed by atoms with Gasteiger partial charge in [-0.2, -0.15) is 5.26 Å². The minimum absolute atomic E-state index is 0.0630. The van der Waals surface area contributed by atoms with Crippen molar-refractivity contribution in [1.82, 2.24) is 0 Å². The summed E-state index contributed by atoms with van der Waals surface area (Å²) in [6.45, 7) is 4.50. The average molecular weight is 301 g/mol. The van der Waals surface area contributed by atoms with Crippen molar-refractivity contribution in [2.24, 2.45) is 0 Å². The van der Waals surface area contributed by atoms with Crippen molar-refractivity contribution in [3.8, 4) is 5.40 Å². The van der Waals surface area contributed by atoms with Crippen molar-refractivity contribution in [2.45, 2.75) is 84.0 Å². The normalized spacial score (nSPS) is 12.3. The molecule has 0 aliphatic heterocycles. The summed E-state index contributed by atoms with van der Waals surface area (Å²) < 4.78 is 0. The molecule has 0 aromatic carbocycles. The van der Waals surface area contributed by atoms with Crippen LogP contribution in [0, 0.1) is 10.7 Å². The fourth-order valence-corrected chi connectivity index (χ4v) is 4.27. The summed E-state index contributed by atoms with van der Waals surface area (Å²) in [6, 6.07) is 0. The number of nitrogens with zero attached hydrogens (tertiary/aromatic N) is 1. The first-order valence-electron chi connectivity index (χ1n) is 8.08. The van der Waals surface area contributed by atoms with Gasteiger partial charge in [-0.1, -0.05) is 77.6 Å². The van der Waals surface area contributed by atoms with E-state index in [4.69, 9.17) is 5.26 Å². The molecular weight excluding hydrogens is 269 g/mol. The second-order valence-electron chi connectivity index (χ2n) is 5.42. The maximum Gasteiger partial charge on any atom is 0.137 e. The van der Waals surface area contributed by atoms with Crippen LogP contribution < -0.4 is 0 Å². The minimum atomic E-state index is -0.0630. The van der Waals surface area contributed by atoms with Crippen LogP contribution in [-0.2, 0) is 0 Å². The van der Waals surface area contributed by atoms with E-state index in [2.05, 4.69) is 19.0 Å². The number of rotatable bonds is 14. The predicted octanol–water partition coefficient (Wildman–Crippen LogP) is 6.93. The van der Waals surface area contributed by atoms with E-state index < -0.39 is 0 Å². The molecule has 1 atom stereocenters. The van der Waals surface area contributed by atoms with Crippen LogP contribution in [0.3, 0.4) is 0 Å². The molecule has 0 radical (unpaired) electrons. The Kier molecular flexibility index (Phi) is 16.6. The predicted molar refractivity (Wildman–Crippen MR) is 92.0 cm³/mol. The highest BCUT2D eigenvalue weighted by Crippen LogP contribution is 2.45. The first kappa shape index (κ1) is 19.3. The molecule has 0 saturated carbocycles. The van der Waals surface area contributed by atoms with Gasteiger partial charge in [0.15, 0.2) is 0 Å². The fraction of sp³-hybridized carbons (Fsp3) is 0.938. The molecule has 0 heterocycles. The average Bonchev–Trinajstić information content (AvgIpc) is 2.40. The van der Waals surface area contributed by atoms with E-state index in [1.165, 1.54) is 94.6 Å². The zero-order chi connectivity index (χ0) is 14.2. The largest absolute Gasteiger partial charge is 0.185 e. The highest BCUT2D eigenvalue weighted by atomic mass is 32.7. The molecule has 0 saturated heterocycles. The zero-order valence-corrected chi connectivity index (χ0v) is 14.7. The first-order chi connectivity index (χ1) is 9.31. The van der Waals surface area contributed by atoms with Crippen molar-refractivity contribution in [1.29, 1.82) is 5.26 Å². The van der Waals surface area contributed by atoms with Gasteiger partial charge in [0.05, 0.1) is 0 Å². The SMILES string of the molecule is CCCCCCCCCCCCCCP(C)SC#N. The molecule has 0 aliphatic carbocycles. The second kappa shape index (κ2) is 16.3. The van der Waals surface area contributed by atoms with Gasteiger partial charge in [0.25, 0.3) is 0 Å². The maximum atomic E-state index is 8.56. The number of hydrogen-bond donors (Lipinski definition) is 0. The lowest BCUT2D eigenvalue weighted by Crippen LogP contribution is -1.84. The Morgan fingerprint density at radius 1 is 0.789 bits per heavy atom. The molecule has 0 bridgehead atoms. The monoisotopic (exact) mass is 301 g/mol. The number of hydrogen-bond acceptors (Lipinski definition) is 2. The molecule has 1 nitrogen and oxygen atoms in total. The lowest BCUT2D eigenvalue weighted by Gasteiger charge is -2.06. The van der Waals surface area contributed by atoms with Crippen molar-refractivity contribution in [3.63, 3.8) is 0 Å². The van der Waals surface area contributed by atoms with Gasteiger partial charge in [0.1, 0.15) is 5.40 Å². The summed E-state index contributed by atoms with van der Waals surface area (Å²) >= 11 is 1.48. The zero-order valence-electron chi connectivity index (χ0n) is 13.0. The summed E-state index contributed by atoms with van der Waals surface area (Å²) in [7, 11) is -0.0630. The Morgan fingerprint density at radius 2 is 1.21 bits per heavy atom.